The van der Waals surface area contributed by atoms with Crippen molar-refractivity contribution in [3.8, 4) is 17.2 Å². The molecule has 1 amide bonds. The monoisotopic (exact) mass is 393 g/mol. The van der Waals surface area contributed by atoms with E-state index in [9.17, 15) is 4.79 Å². The van der Waals surface area contributed by atoms with Crippen LogP contribution < -0.4 is 14.2 Å². The van der Waals surface area contributed by atoms with Crippen molar-refractivity contribution < 1.29 is 19.0 Å². The highest BCUT2D eigenvalue weighted by Crippen LogP contribution is 2.34. The molecule has 0 unspecified atom stereocenters. The zero-order valence-electron chi connectivity index (χ0n) is 16.8. The van der Waals surface area contributed by atoms with Crippen LogP contribution >= 0.6 is 0 Å². The third-order valence-corrected chi connectivity index (χ3v) is 5.46. The molecule has 0 atom stereocenters. The van der Waals surface area contributed by atoms with Gasteiger partial charge in [-0.05, 0) is 49.6 Å². The molecule has 5 nitrogen and oxygen atoms in total. The maximum atomic E-state index is 13.2. The Morgan fingerprint density at radius 2 is 1.93 bits per heavy atom. The Morgan fingerprint density at radius 1 is 1.14 bits per heavy atom. The van der Waals surface area contributed by atoms with E-state index in [-0.39, 0.29) is 18.7 Å². The Bertz CT molecular complexity index is 886. The Labute approximate surface area is 171 Å². The van der Waals surface area contributed by atoms with Crippen LogP contribution in [0.15, 0.2) is 48.5 Å². The van der Waals surface area contributed by atoms with Gasteiger partial charge in [-0.3, -0.25) is 4.79 Å². The lowest BCUT2D eigenvalue weighted by atomic mass is 10.1. The Morgan fingerprint density at radius 3 is 2.76 bits per heavy atom. The van der Waals surface area contributed by atoms with E-state index < -0.39 is 0 Å². The third kappa shape index (κ3) is 4.56. The van der Waals surface area contributed by atoms with Crippen molar-refractivity contribution >= 4 is 12.0 Å². The summed E-state index contributed by atoms with van der Waals surface area (Å²) in [6.45, 7) is 3.37. The second kappa shape index (κ2) is 9.03. The first-order valence-corrected chi connectivity index (χ1v) is 10.3. The summed E-state index contributed by atoms with van der Waals surface area (Å²) in [4.78, 5) is 15.1. The van der Waals surface area contributed by atoms with Crippen LogP contribution in [0.2, 0.25) is 0 Å². The summed E-state index contributed by atoms with van der Waals surface area (Å²) < 4.78 is 16.6. The molecule has 0 aromatic heterocycles. The minimum Gasteiger partial charge on any atom is -0.493 e. The van der Waals surface area contributed by atoms with Gasteiger partial charge in [-0.15, -0.1) is 0 Å². The number of fused-ring (bicyclic) bond motifs is 1. The molecule has 5 heteroatoms. The van der Waals surface area contributed by atoms with E-state index in [2.05, 4.69) is 0 Å². The average molecular weight is 393 g/mol. The van der Waals surface area contributed by atoms with Gasteiger partial charge in [-0.25, -0.2) is 0 Å². The first-order chi connectivity index (χ1) is 14.2. The van der Waals surface area contributed by atoms with Crippen LogP contribution in [0.25, 0.3) is 6.08 Å². The first-order valence-electron chi connectivity index (χ1n) is 10.3. The Hall–Kier alpha value is -2.95. The van der Waals surface area contributed by atoms with Crippen LogP contribution in [-0.2, 0) is 11.3 Å². The summed E-state index contributed by atoms with van der Waals surface area (Å²) in [6, 6.07) is 14.0. The lowest BCUT2D eigenvalue weighted by Crippen LogP contribution is -2.37. The first kappa shape index (κ1) is 19.4. The highest BCUT2D eigenvalue weighted by Gasteiger charge is 2.26. The number of benzene rings is 2. The predicted octanol–water partition coefficient (Wildman–Crippen LogP) is 4.80. The second-order valence-corrected chi connectivity index (χ2v) is 7.40. The molecule has 2 aromatic rings. The fourth-order valence-electron chi connectivity index (χ4n) is 4.00. The van der Waals surface area contributed by atoms with Crippen molar-refractivity contribution in [2.45, 2.75) is 45.2 Å². The highest BCUT2D eigenvalue weighted by molar-refractivity contribution is 5.92. The topological polar surface area (TPSA) is 48.0 Å². The highest BCUT2D eigenvalue weighted by atomic mass is 16.7. The maximum absolute atomic E-state index is 13.2. The summed E-state index contributed by atoms with van der Waals surface area (Å²) in [5.41, 5.74) is 1.97. The zero-order valence-corrected chi connectivity index (χ0v) is 16.8. The molecular formula is C24H27NO4. The molecule has 29 heavy (non-hydrogen) atoms. The lowest BCUT2D eigenvalue weighted by Gasteiger charge is -2.28. The van der Waals surface area contributed by atoms with Gasteiger partial charge < -0.3 is 19.1 Å². The quantitative estimate of drug-likeness (QED) is 0.634. The van der Waals surface area contributed by atoms with Gasteiger partial charge in [0.2, 0.25) is 12.7 Å². The summed E-state index contributed by atoms with van der Waals surface area (Å²) in [5.74, 6) is 2.34. The largest absolute Gasteiger partial charge is 0.493 e. The molecule has 152 valence electrons. The molecule has 1 saturated carbocycles. The van der Waals surface area contributed by atoms with E-state index in [0.717, 1.165) is 41.2 Å². The number of carbonyl (C=O) groups excluding carboxylic acids is 1. The molecule has 4 rings (SSSR count). The van der Waals surface area contributed by atoms with Crippen LogP contribution in [0.4, 0.5) is 0 Å². The van der Waals surface area contributed by atoms with E-state index in [1.807, 2.05) is 60.4 Å². The smallest absolute Gasteiger partial charge is 0.247 e. The molecule has 0 bridgehead atoms. The summed E-state index contributed by atoms with van der Waals surface area (Å²) in [5, 5.41) is 0. The minimum absolute atomic E-state index is 0.0286. The standard InChI is InChI=1S/C24H27NO4/c1-2-27-21-10-6-3-7-19(21)12-14-24(26)25(20-8-4-5-9-20)16-18-11-13-22-23(15-18)29-17-28-22/h3,6-7,10-15,20H,2,4-5,8-9,16-17H2,1H3/b14-12+. The molecule has 0 radical (unpaired) electrons. The molecule has 2 aromatic carbocycles. The number of rotatable bonds is 7. The molecule has 2 aliphatic rings. The fraction of sp³-hybridized carbons (Fsp3) is 0.375. The van der Waals surface area contributed by atoms with E-state index in [1.165, 1.54) is 12.8 Å². The Kier molecular flexibility index (Phi) is 6.03. The molecule has 1 fully saturated rings. The van der Waals surface area contributed by atoms with Crippen molar-refractivity contribution in [1.29, 1.82) is 0 Å². The van der Waals surface area contributed by atoms with Gasteiger partial charge in [0, 0.05) is 24.2 Å². The molecule has 1 aliphatic carbocycles. The summed E-state index contributed by atoms with van der Waals surface area (Å²) in [6.07, 6.45) is 7.98. The van der Waals surface area contributed by atoms with E-state index in [1.54, 1.807) is 6.08 Å². The number of nitrogens with zero attached hydrogens (tertiary/aromatic N) is 1. The van der Waals surface area contributed by atoms with Gasteiger partial charge in [0.25, 0.3) is 0 Å². The molecule has 0 spiro atoms. The fourth-order valence-corrected chi connectivity index (χ4v) is 4.00. The number of amides is 1. The number of ether oxygens (including phenoxy) is 3. The summed E-state index contributed by atoms with van der Waals surface area (Å²) in [7, 11) is 0. The molecule has 1 aliphatic heterocycles. The van der Waals surface area contributed by atoms with Crippen molar-refractivity contribution in [3.05, 3.63) is 59.7 Å². The molecular weight excluding hydrogens is 366 g/mol. The minimum atomic E-state index is 0.0286. The van der Waals surface area contributed by atoms with Crippen molar-refractivity contribution in [2.75, 3.05) is 13.4 Å². The lowest BCUT2D eigenvalue weighted by molar-refractivity contribution is -0.128. The average Bonchev–Trinajstić information content (AvgIpc) is 3.43. The predicted molar refractivity (Wildman–Crippen MR) is 112 cm³/mol. The van der Waals surface area contributed by atoms with Crippen LogP contribution in [0.1, 0.15) is 43.7 Å². The van der Waals surface area contributed by atoms with Gasteiger partial charge in [-0.2, -0.15) is 0 Å². The van der Waals surface area contributed by atoms with Crippen molar-refractivity contribution in [2.24, 2.45) is 0 Å². The third-order valence-electron chi connectivity index (χ3n) is 5.46. The van der Waals surface area contributed by atoms with Crippen LogP contribution in [-0.4, -0.2) is 30.2 Å². The van der Waals surface area contributed by atoms with Gasteiger partial charge in [0.05, 0.1) is 6.61 Å². The van der Waals surface area contributed by atoms with Crippen molar-refractivity contribution in [1.82, 2.24) is 4.90 Å². The van der Waals surface area contributed by atoms with Crippen LogP contribution in [0.3, 0.4) is 0 Å². The number of hydrogen-bond donors (Lipinski definition) is 0. The van der Waals surface area contributed by atoms with Gasteiger partial charge in [-0.1, -0.05) is 37.1 Å². The number of carbonyl (C=O) groups is 1. The summed E-state index contributed by atoms with van der Waals surface area (Å²) >= 11 is 0. The normalized spacial score (nSPS) is 15.8. The van der Waals surface area contributed by atoms with E-state index in [0.29, 0.717) is 13.2 Å². The van der Waals surface area contributed by atoms with Crippen LogP contribution in [0.5, 0.6) is 17.2 Å². The number of hydrogen-bond acceptors (Lipinski definition) is 4. The van der Waals surface area contributed by atoms with E-state index >= 15 is 0 Å². The number of para-hydroxylation sites is 1. The zero-order chi connectivity index (χ0) is 20.1. The van der Waals surface area contributed by atoms with Crippen LogP contribution in [0, 0.1) is 0 Å². The van der Waals surface area contributed by atoms with E-state index in [4.69, 9.17) is 14.2 Å². The molecule has 0 saturated heterocycles. The maximum Gasteiger partial charge on any atom is 0.247 e. The van der Waals surface area contributed by atoms with Gasteiger partial charge in [0.15, 0.2) is 11.5 Å². The van der Waals surface area contributed by atoms with Gasteiger partial charge >= 0.3 is 0 Å². The SMILES string of the molecule is CCOc1ccccc1/C=C/C(=O)N(Cc1ccc2c(c1)OCO2)C1CCCC1. The second-order valence-electron chi connectivity index (χ2n) is 7.40. The molecule has 1 heterocycles. The Balaban J connectivity index is 1.53. The van der Waals surface area contributed by atoms with Gasteiger partial charge in [0.1, 0.15) is 5.75 Å². The molecule has 0 N–H and O–H groups in total. The van der Waals surface area contributed by atoms with Crippen molar-refractivity contribution in [3.63, 3.8) is 0 Å².